The fourth-order valence-electron chi connectivity index (χ4n) is 2.71. The number of nitrogens with zero attached hydrogens (tertiary/aromatic N) is 2. The van der Waals surface area contributed by atoms with E-state index in [4.69, 9.17) is 9.47 Å². The lowest BCUT2D eigenvalue weighted by atomic mass is 10.1. The van der Waals surface area contributed by atoms with Gasteiger partial charge in [0.15, 0.2) is 0 Å². The molecule has 1 saturated heterocycles. The average molecular weight is 307 g/mol. The third kappa shape index (κ3) is 3.87. The first-order valence-electron chi connectivity index (χ1n) is 8.10. The Bertz CT molecular complexity index is 525. The second kappa shape index (κ2) is 6.79. The number of carbonyl (C=O) groups excluding carboxylic acids is 1. The second-order valence-electron chi connectivity index (χ2n) is 6.40. The number of hydrogen-bond donors (Lipinski definition) is 1. The molecule has 2 aliphatic rings. The zero-order valence-electron chi connectivity index (χ0n) is 13.4. The summed E-state index contributed by atoms with van der Waals surface area (Å²) in [5.41, 5.74) is 1.98. The Hall–Kier alpha value is -1.40. The van der Waals surface area contributed by atoms with Crippen molar-refractivity contribution in [2.45, 2.75) is 51.8 Å². The molecule has 1 N–H and O–H groups in total. The zero-order valence-corrected chi connectivity index (χ0v) is 13.4. The Labute approximate surface area is 131 Å². The van der Waals surface area contributed by atoms with E-state index in [1.165, 1.54) is 12.8 Å². The number of imidazole rings is 1. The molecule has 22 heavy (non-hydrogen) atoms. The lowest BCUT2D eigenvalue weighted by Crippen LogP contribution is -2.51. The van der Waals surface area contributed by atoms with Gasteiger partial charge in [0.2, 0.25) is 5.91 Å². The summed E-state index contributed by atoms with van der Waals surface area (Å²) in [7, 11) is 0. The molecule has 1 aromatic rings. The molecule has 0 radical (unpaired) electrons. The Morgan fingerprint density at radius 1 is 1.45 bits per heavy atom. The molecule has 1 aliphatic heterocycles. The van der Waals surface area contributed by atoms with Crippen molar-refractivity contribution in [2.75, 3.05) is 19.8 Å². The van der Waals surface area contributed by atoms with Gasteiger partial charge in [0.05, 0.1) is 30.8 Å². The third-order valence-electron chi connectivity index (χ3n) is 4.54. The number of ether oxygens (including phenoxy) is 2. The highest BCUT2D eigenvalue weighted by Crippen LogP contribution is 2.30. The molecular formula is C16H25N3O3. The van der Waals surface area contributed by atoms with Crippen LogP contribution in [0.15, 0.2) is 6.33 Å². The number of amides is 1. The van der Waals surface area contributed by atoms with Crippen molar-refractivity contribution >= 4 is 5.91 Å². The van der Waals surface area contributed by atoms with Gasteiger partial charge in [-0.15, -0.1) is 0 Å². The van der Waals surface area contributed by atoms with E-state index >= 15 is 0 Å². The minimum Gasteiger partial charge on any atom is -0.379 e. The van der Waals surface area contributed by atoms with Gasteiger partial charge in [-0.2, -0.15) is 0 Å². The smallest absolute Gasteiger partial charge is 0.240 e. The van der Waals surface area contributed by atoms with Crippen molar-refractivity contribution in [3.8, 4) is 0 Å². The van der Waals surface area contributed by atoms with Gasteiger partial charge < -0.3 is 19.4 Å². The molecule has 3 rings (SSSR count). The molecule has 6 heteroatoms. The topological polar surface area (TPSA) is 65.4 Å². The molecule has 0 aromatic carbocycles. The van der Waals surface area contributed by atoms with Gasteiger partial charge in [0.1, 0.15) is 6.54 Å². The van der Waals surface area contributed by atoms with Crippen LogP contribution in [0.25, 0.3) is 0 Å². The van der Waals surface area contributed by atoms with E-state index in [0.717, 1.165) is 30.3 Å². The van der Waals surface area contributed by atoms with Crippen LogP contribution in [0.5, 0.6) is 0 Å². The predicted molar refractivity (Wildman–Crippen MR) is 81.5 cm³/mol. The van der Waals surface area contributed by atoms with Crippen LogP contribution in [0.2, 0.25) is 0 Å². The van der Waals surface area contributed by atoms with E-state index in [1.54, 1.807) is 6.33 Å². The molecule has 122 valence electrons. The fourth-order valence-corrected chi connectivity index (χ4v) is 2.71. The van der Waals surface area contributed by atoms with Crippen molar-refractivity contribution in [2.24, 2.45) is 5.92 Å². The van der Waals surface area contributed by atoms with E-state index in [0.29, 0.717) is 19.8 Å². The maximum absolute atomic E-state index is 12.3. The second-order valence-corrected chi connectivity index (χ2v) is 6.40. The number of aryl methyl sites for hydroxylation is 1. The lowest BCUT2D eigenvalue weighted by Gasteiger charge is -2.32. The minimum absolute atomic E-state index is 0.0176. The van der Waals surface area contributed by atoms with Crippen LogP contribution in [-0.4, -0.2) is 47.4 Å². The maximum Gasteiger partial charge on any atom is 0.240 e. The molecule has 1 amide bonds. The molecule has 2 fully saturated rings. The Morgan fingerprint density at radius 3 is 2.95 bits per heavy atom. The van der Waals surface area contributed by atoms with Crippen LogP contribution in [0.3, 0.4) is 0 Å². The zero-order chi connectivity index (χ0) is 15.5. The van der Waals surface area contributed by atoms with Gasteiger partial charge >= 0.3 is 0 Å². The monoisotopic (exact) mass is 307 g/mol. The summed E-state index contributed by atoms with van der Waals surface area (Å²) < 4.78 is 13.4. The van der Waals surface area contributed by atoms with Gasteiger partial charge in [-0.05, 0) is 39.0 Å². The first-order valence-corrected chi connectivity index (χ1v) is 8.10. The van der Waals surface area contributed by atoms with Crippen LogP contribution < -0.4 is 5.32 Å². The Balaban J connectivity index is 1.52. The predicted octanol–water partition coefficient (Wildman–Crippen LogP) is 1.20. The molecule has 1 aliphatic carbocycles. The maximum atomic E-state index is 12.3. The molecule has 0 bridgehead atoms. The van der Waals surface area contributed by atoms with E-state index in [2.05, 4.69) is 10.3 Å². The van der Waals surface area contributed by atoms with Gasteiger partial charge in [-0.25, -0.2) is 4.98 Å². The summed E-state index contributed by atoms with van der Waals surface area (Å²) in [4.78, 5) is 16.5. The van der Waals surface area contributed by atoms with E-state index < -0.39 is 0 Å². The molecule has 2 heterocycles. The Kier molecular flexibility index (Phi) is 4.78. The fraction of sp³-hybridized carbons (Fsp3) is 0.750. The molecule has 0 unspecified atom stereocenters. The normalized spacial score (nSPS) is 25.2. The first-order chi connectivity index (χ1) is 10.6. The highest BCUT2D eigenvalue weighted by Gasteiger charge is 2.30. The van der Waals surface area contributed by atoms with Crippen LogP contribution in [0, 0.1) is 19.8 Å². The van der Waals surface area contributed by atoms with Gasteiger partial charge in [-0.1, -0.05) is 0 Å². The molecule has 1 aromatic heterocycles. The molecule has 1 saturated carbocycles. The summed E-state index contributed by atoms with van der Waals surface area (Å²) in [6.45, 7) is 6.27. The van der Waals surface area contributed by atoms with Gasteiger partial charge in [0, 0.05) is 18.9 Å². The van der Waals surface area contributed by atoms with Crippen molar-refractivity contribution in [3.63, 3.8) is 0 Å². The standard InChI is InChI=1S/C16H25N3O3/c1-11-12(2)19(10-17-11)7-16(20)18-14-9-21-6-5-15(14)22-8-13-3-4-13/h10,13-15H,3-9H2,1-2H3,(H,18,20)/t14-,15+/m1/s1. The summed E-state index contributed by atoms with van der Waals surface area (Å²) in [5.74, 6) is 0.715. The lowest BCUT2D eigenvalue weighted by molar-refractivity contribution is -0.126. The highest BCUT2D eigenvalue weighted by molar-refractivity contribution is 5.76. The van der Waals surface area contributed by atoms with Crippen molar-refractivity contribution in [3.05, 3.63) is 17.7 Å². The van der Waals surface area contributed by atoms with Crippen molar-refractivity contribution in [1.29, 1.82) is 0 Å². The van der Waals surface area contributed by atoms with Crippen LogP contribution in [-0.2, 0) is 20.8 Å². The van der Waals surface area contributed by atoms with Crippen LogP contribution in [0.4, 0.5) is 0 Å². The molecule has 6 nitrogen and oxygen atoms in total. The van der Waals surface area contributed by atoms with Crippen LogP contribution >= 0.6 is 0 Å². The van der Waals surface area contributed by atoms with Gasteiger partial charge in [0.25, 0.3) is 0 Å². The average Bonchev–Trinajstić information content (AvgIpc) is 3.28. The van der Waals surface area contributed by atoms with Crippen molar-refractivity contribution in [1.82, 2.24) is 14.9 Å². The summed E-state index contributed by atoms with van der Waals surface area (Å²) in [6, 6.07) is -0.0510. The highest BCUT2D eigenvalue weighted by atomic mass is 16.5. The number of aromatic nitrogens is 2. The van der Waals surface area contributed by atoms with Gasteiger partial charge in [-0.3, -0.25) is 4.79 Å². The largest absolute Gasteiger partial charge is 0.379 e. The van der Waals surface area contributed by atoms with E-state index in [9.17, 15) is 4.79 Å². The number of hydrogen-bond acceptors (Lipinski definition) is 4. The number of carbonyl (C=O) groups is 1. The number of rotatable bonds is 6. The minimum atomic E-state index is -0.0510. The molecule has 0 spiro atoms. The Morgan fingerprint density at radius 2 is 2.27 bits per heavy atom. The summed E-state index contributed by atoms with van der Waals surface area (Å²) >= 11 is 0. The van der Waals surface area contributed by atoms with E-state index in [1.807, 2.05) is 18.4 Å². The first kappa shape index (κ1) is 15.5. The SMILES string of the molecule is Cc1ncn(CC(=O)N[C@@H]2COCC[C@@H]2OCC2CC2)c1C. The molecular weight excluding hydrogens is 282 g/mol. The third-order valence-corrected chi connectivity index (χ3v) is 4.54. The van der Waals surface area contributed by atoms with Crippen molar-refractivity contribution < 1.29 is 14.3 Å². The summed E-state index contributed by atoms with van der Waals surface area (Å²) in [6.07, 6.45) is 5.19. The molecule has 2 atom stereocenters. The number of nitrogens with one attached hydrogen (secondary N) is 1. The van der Waals surface area contributed by atoms with Crippen LogP contribution in [0.1, 0.15) is 30.7 Å². The van der Waals surface area contributed by atoms with E-state index in [-0.39, 0.29) is 18.1 Å². The quantitative estimate of drug-likeness (QED) is 0.857. The summed E-state index contributed by atoms with van der Waals surface area (Å²) in [5, 5.41) is 3.06.